The van der Waals surface area contributed by atoms with Crippen molar-refractivity contribution in [2.75, 3.05) is 0 Å². The van der Waals surface area contributed by atoms with Gasteiger partial charge in [0.25, 0.3) is 0 Å². The number of ether oxygens (including phenoxy) is 1. The van der Waals surface area contributed by atoms with Gasteiger partial charge in [0, 0.05) is 6.04 Å². The molecular formula is C20H18ClN3O3. The van der Waals surface area contributed by atoms with E-state index in [1.807, 2.05) is 48.5 Å². The maximum Gasteiger partial charge on any atom is 0.321 e. The molecule has 27 heavy (non-hydrogen) atoms. The molecule has 0 spiro atoms. The van der Waals surface area contributed by atoms with Gasteiger partial charge in [-0.25, -0.2) is 9.97 Å². The summed E-state index contributed by atoms with van der Waals surface area (Å²) in [5, 5.41) is 9.39. The Hall–Kier alpha value is -2.96. The molecule has 1 atom stereocenters. The molecule has 0 aliphatic carbocycles. The maximum absolute atomic E-state index is 11.0. The molecule has 1 heterocycles. The number of hydrogen-bond donors (Lipinski definition) is 2. The lowest BCUT2D eigenvalue weighted by Crippen LogP contribution is -2.26. The number of nitrogens with zero attached hydrogens (tertiary/aromatic N) is 2. The Kier molecular flexibility index (Phi) is 6.01. The van der Waals surface area contributed by atoms with Crippen LogP contribution in [-0.4, -0.2) is 27.1 Å². The third-order valence-electron chi connectivity index (χ3n) is 3.88. The van der Waals surface area contributed by atoms with Crippen molar-refractivity contribution in [3.63, 3.8) is 0 Å². The monoisotopic (exact) mass is 383 g/mol. The largest absolute Gasteiger partial charge is 0.481 e. The van der Waals surface area contributed by atoms with Crippen LogP contribution in [0, 0.1) is 0 Å². The Bertz CT molecular complexity index is 918. The van der Waals surface area contributed by atoms with Crippen LogP contribution in [0.5, 0.6) is 11.8 Å². The van der Waals surface area contributed by atoms with E-state index in [1.54, 1.807) is 0 Å². The average molecular weight is 384 g/mol. The predicted octanol–water partition coefficient (Wildman–Crippen LogP) is 3.93. The Morgan fingerprint density at radius 2 is 1.81 bits per heavy atom. The normalized spacial score (nSPS) is 11.8. The number of rotatable bonds is 7. The van der Waals surface area contributed by atoms with Crippen LogP contribution in [0.2, 0.25) is 5.02 Å². The SMILES string of the molecule is NC(CC(=O)O)Cc1cc(-c2ccccc2)ccc1Oc1ncc(Cl)cn1. The van der Waals surface area contributed by atoms with Crippen molar-refractivity contribution >= 4 is 17.6 Å². The molecule has 2 aromatic carbocycles. The van der Waals surface area contributed by atoms with Crippen LogP contribution in [0.4, 0.5) is 0 Å². The first-order chi connectivity index (χ1) is 13.0. The number of aliphatic carboxylic acids is 1. The molecule has 1 unspecified atom stereocenters. The molecule has 7 heteroatoms. The molecule has 0 saturated carbocycles. The number of carbonyl (C=O) groups is 1. The van der Waals surface area contributed by atoms with Gasteiger partial charge in [0.05, 0.1) is 23.8 Å². The summed E-state index contributed by atoms with van der Waals surface area (Å²) in [4.78, 5) is 19.0. The lowest BCUT2D eigenvalue weighted by molar-refractivity contribution is -0.137. The molecule has 1 aromatic heterocycles. The first-order valence-electron chi connectivity index (χ1n) is 8.32. The van der Waals surface area contributed by atoms with Gasteiger partial charge in [-0.2, -0.15) is 0 Å². The van der Waals surface area contributed by atoms with Crippen molar-refractivity contribution in [1.82, 2.24) is 9.97 Å². The zero-order valence-electron chi connectivity index (χ0n) is 14.4. The van der Waals surface area contributed by atoms with E-state index in [4.69, 9.17) is 27.2 Å². The molecule has 6 nitrogen and oxygen atoms in total. The maximum atomic E-state index is 11.0. The van der Waals surface area contributed by atoms with Crippen LogP contribution in [0.3, 0.4) is 0 Å². The molecule has 0 aliphatic rings. The van der Waals surface area contributed by atoms with Crippen LogP contribution >= 0.6 is 11.6 Å². The minimum Gasteiger partial charge on any atom is -0.481 e. The molecule has 0 amide bonds. The third-order valence-corrected chi connectivity index (χ3v) is 4.08. The van der Waals surface area contributed by atoms with Gasteiger partial charge in [-0.3, -0.25) is 4.79 Å². The fourth-order valence-corrected chi connectivity index (χ4v) is 2.78. The quantitative estimate of drug-likeness (QED) is 0.641. The number of hydrogen-bond acceptors (Lipinski definition) is 5. The molecule has 0 saturated heterocycles. The highest BCUT2D eigenvalue weighted by Gasteiger charge is 2.15. The molecule has 3 rings (SSSR count). The molecule has 0 bridgehead atoms. The van der Waals surface area contributed by atoms with Crippen molar-refractivity contribution in [1.29, 1.82) is 0 Å². The molecular weight excluding hydrogens is 366 g/mol. The van der Waals surface area contributed by atoms with Gasteiger partial charge in [0.2, 0.25) is 0 Å². The summed E-state index contributed by atoms with van der Waals surface area (Å²) < 4.78 is 5.78. The van der Waals surface area contributed by atoms with Gasteiger partial charge in [-0.1, -0.05) is 48.0 Å². The van der Waals surface area contributed by atoms with E-state index in [0.717, 1.165) is 16.7 Å². The summed E-state index contributed by atoms with van der Waals surface area (Å²) in [6.07, 6.45) is 3.10. The van der Waals surface area contributed by atoms with E-state index in [2.05, 4.69) is 9.97 Å². The van der Waals surface area contributed by atoms with Crippen LogP contribution in [0.25, 0.3) is 11.1 Å². The Labute approximate surface area is 161 Å². The van der Waals surface area contributed by atoms with Crippen LogP contribution in [-0.2, 0) is 11.2 Å². The van der Waals surface area contributed by atoms with Gasteiger partial charge < -0.3 is 15.6 Å². The second kappa shape index (κ2) is 8.62. The lowest BCUT2D eigenvalue weighted by atomic mass is 9.97. The molecule has 0 fully saturated rings. The molecule has 3 N–H and O–H groups in total. The molecule has 0 aliphatic heterocycles. The second-order valence-corrected chi connectivity index (χ2v) is 6.47. The predicted molar refractivity (Wildman–Crippen MR) is 103 cm³/mol. The zero-order valence-corrected chi connectivity index (χ0v) is 15.1. The topological polar surface area (TPSA) is 98.3 Å². The number of carboxylic acid groups (broad SMARTS) is 1. The van der Waals surface area contributed by atoms with Crippen molar-refractivity contribution in [3.05, 3.63) is 71.5 Å². The number of aromatic nitrogens is 2. The number of benzene rings is 2. The second-order valence-electron chi connectivity index (χ2n) is 6.04. The fraction of sp³-hybridized carbons (Fsp3) is 0.150. The third kappa shape index (κ3) is 5.26. The van der Waals surface area contributed by atoms with Crippen LogP contribution in [0.1, 0.15) is 12.0 Å². The number of halogens is 1. The fourth-order valence-electron chi connectivity index (χ4n) is 2.68. The van der Waals surface area contributed by atoms with Gasteiger partial charge in [-0.15, -0.1) is 0 Å². The van der Waals surface area contributed by atoms with E-state index in [-0.39, 0.29) is 12.4 Å². The van der Waals surface area contributed by atoms with Crippen molar-refractivity contribution in [2.24, 2.45) is 5.73 Å². The molecule has 0 radical (unpaired) electrons. The Balaban J connectivity index is 1.92. The minimum absolute atomic E-state index is 0.132. The molecule has 138 valence electrons. The Morgan fingerprint density at radius 1 is 1.11 bits per heavy atom. The average Bonchev–Trinajstić information content (AvgIpc) is 2.65. The first-order valence-corrected chi connectivity index (χ1v) is 8.70. The number of carboxylic acids is 1. The summed E-state index contributed by atoms with van der Waals surface area (Å²) in [7, 11) is 0. The first kappa shape index (κ1) is 18.8. The summed E-state index contributed by atoms with van der Waals surface area (Å²) in [6.45, 7) is 0. The number of nitrogens with two attached hydrogens (primary N) is 1. The standard InChI is InChI=1S/C20H18ClN3O3/c21-16-11-23-20(24-12-16)27-18-7-6-14(13-4-2-1-3-5-13)8-15(18)9-17(22)10-19(25)26/h1-8,11-12,17H,9-10,22H2,(H,25,26). The van der Waals surface area contributed by atoms with E-state index in [1.165, 1.54) is 12.4 Å². The van der Waals surface area contributed by atoms with Gasteiger partial charge in [0.15, 0.2) is 0 Å². The summed E-state index contributed by atoms with van der Waals surface area (Å²) in [5.74, 6) is -0.414. The van der Waals surface area contributed by atoms with E-state index >= 15 is 0 Å². The smallest absolute Gasteiger partial charge is 0.321 e. The highest BCUT2D eigenvalue weighted by atomic mass is 35.5. The highest BCUT2D eigenvalue weighted by molar-refractivity contribution is 6.30. The van der Waals surface area contributed by atoms with Gasteiger partial charge >= 0.3 is 12.0 Å². The summed E-state index contributed by atoms with van der Waals surface area (Å²) in [6, 6.07) is 15.1. The minimum atomic E-state index is -0.940. The van der Waals surface area contributed by atoms with Crippen LogP contribution < -0.4 is 10.5 Å². The Morgan fingerprint density at radius 3 is 2.48 bits per heavy atom. The van der Waals surface area contributed by atoms with Crippen molar-refractivity contribution in [3.8, 4) is 22.9 Å². The summed E-state index contributed by atoms with van der Waals surface area (Å²) in [5.41, 5.74) is 8.80. The van der Waals surface area contributed by atoms with Gasteiger partial charge in [0.1, 0.15) is 5.75 Å². The molecule has 3 aromatic rings. The van der Waals surface area contributed by atoms with Gasteiger partial charge in [-0.05, 0) is 35.2 Å². The van der Waals surface area contributed by atoms with E-state index < -0.39 is 12.0 Å². The van der Waals surface area contributed by atoms with E-state index in [9.17, 15) is 4.79 Å². The van der Waals surface area contributed by atoms with Crippen LogP contribution in [0.15, 0.2) is 60.9 Å². The van der Waals surface area contributed by atoms with Crippen molar-refractivity contribution in [2.45, 2.75) is 18.9 Å². The zero-order chi connectivity index (χ0) is 19.2. The van der Waals surface area contributed by atoms with Crippen molar-refractivity contribution < 1.29 is 14.6 Å². The summed E-state index contributed by atoms with van der Waals surface area (Å²) >= 11 is 5.80. The highest BCUT2D eigenvalue weighted by Crippen LogP contribution is 2.30. The lowest BCUT2D eigenvalue weighted by Gasteiger charge is -2.15. The van der Waals surface area contributed by atoms with E-state index in [0.29, 0.717) is 17.2 Å².